The van der Waals surface area contributed by atoms with Crippen LogP contribution in [-0.4, -0.2) is 25.8 Å². The van der Waals surface area contributed by atoms with Gasteiger partial charge < -0.3 is 10.1 Å². The Bertz CT molecular complexity index is 119. The van der Waals surface area contributed by atoms with Gasteiger partial charge in [-0.15, -0.1) is 0 Å². The lowest BCUT2D eigenvalue weighted by atomic mass is 10.1. The highest BCUT2D eigenvalue weighted by Gasteiger charge is 2.12. The molecule has 1 rings (SSSR count). The Morgan fingerprint density at radius 1 is 1.46 bits per heavy atom. The summed E-state index contributed by atoms with van der Waals surface area (Å²) in [6.07, 6.45) is 5.51. The Morgan fingerprint density at radius 3 is 2.92 bits per heavy atom. The monoisotopic (exact) mass is 185 g/mol. The normalized spacial score (nSPS) is 23.8. The van der Waals surface area contributed by atoms with Gasteiger partial charge in [0.1, 0.15) is 0 Å². The zero-order valence-electron chi connectivity index (χ0n) is 9.01. The minimum atomic E-state index is 0.487. The molecule has 2 heteroatoms. The summed E-state index contributed by atoms with van der Waals surface area (Å²) in [6.45, 7) is 7.71. The third kappa shape index (κ3) is 5.27. The van der Waals surface area contributed by atoms with Gasteiger partial charge in [0.15, 0.2) is 0 Å². The van der Waals surface area contributed by atoms with Gasteiger partial charge in [-0.1, -0.05) is 13.8 Å². The second-order valence-electron chi connectivity index (χ2n) is 4.38. The standard InChI is InChI=1S/C11H23NO/c1-10(2)5-4-8-13-11-6-3-7-12-9-11/h10-12H,3-9H2,1-2H3/t11-/m0/s1. The molecule has 0 aromatic rings. The molecule has 0 aliphatic carbocycles. The Labute approximate surface area is 82.0 Å². The van der Waals surface area contributed by atoms with E-state index in [-0.39, 0.29) is 0 Å². The first-order valence-corrected chi connectivity index (χ1v) is 5.61. The van der Waals surface area contributed by atoms with E-state index in [9.17, 15) is 0 Å². The lowest BCUT2D eigenvalue weighted by Gasteiger charge is -2.23. The van der Waals surface area contributed by atoms with Crippen LogP contribution in [0.15, 0.2) is 0 Å². The zero-order valence-corrected chi connectivity index (χ0v) is 9.01. The van der Waals surface area contributed by atoms with Crippen molar-refractivity contribution in [3.05, 3.63) is 0 Å². The van der Waals surface area contributed by atoms with Crippen molar-refractivity contribution in [1.29, 1.82) is 0 Å². The molecule has 1 N–H and O–H groups in total. The van der Waals surface area contributed by atoms with Crippen LogP contribution in [-0.2, 0) is 4.74 Å². The molecule has 1 heterocycles. The first-order valence-electron chi connectivity index (χ1n) is 5.61. The van der Waals surface area contributed by atoms with Crippen LogP contribution in [0.3, 0.4) is 0 Å². The van der Waals surface area contributed by atoms with Crippen molar-refractivity contribution in [2.24, 2.45) is 5.92 Å². The van der Waals surface area contributed by atoms with E-state index in [1.807, 2.05) is 0 Å². The largest absolute Gasteiger partial charge is 0.377 e. The molecule has 0 spiro atoms. The fourth-order valence-electron chi connectivity index (χ4n) is 1.70. The molecule has 0 bridgehead atoms. The third-order valence-electron chi connectivity index (χ3n) is 2.53. The van der Waals surface area contributed by atoms with E-state index >= 15 is 0 Å². The van der Waals surface area contributed by atoms with Crippen LogP contribution in [0.1, 0.15) is 39.5 Å². The topological polar surface area (TPSA) is 21.3 Å². The molecule has 1 aliphatic heterocycles. The first-order chi connectivity index (χ1) is 6.29. The van der Waals surface area contributed by atoms with E-state index in [2.05, 4.69) is 19.2 Å². The predicted molar refractivity (Wildman–Crippen MR) is 55.9 cm³/mol. The van der Waals surface area contributed by atoms with Gasteiger partial charge in [0.05, 0.1) is 6.10 Å². The van der Waals surface area contributed by atoms with Gasteiger partial charge in [-0.2, -0.15) is 0 Å². The maximum absolute atomic E-state index is 5.77. The summed E-state index contributed by atoms with van der Waals surface area (Å²) in [4.78, 5) is 0. The summed E-state index contributed by atoms with van der Waals surface area (Å²) in [5.41, 5.74) is 0. The SMILES string of the molecule is CC(C)CCCO[C@H]1CCCNC1. The molecule has 0 aromatic carbocycles. The van der Waals surface area contributed by atoms with Crippen molar-refractivity contribution >= 4 is 0 Å². The van der Waals surface area contributed by atoms with E-state index < -0.39 is 0 Å². The van der Waals surface area contributed by atoms with Gasteiger partial charge in [0.25, 0.3) is 0 Å². The van der Waals surface area contributed by atoms with Crippen LogP contribution < -0.4 is 5.32 Å². The molecule has 1 atom stereocenters. The van der Waals surface area contributed by atoms with Gasteiger partial charge in [0.2, 0.25) is 0 Å². The number of piperidine rings is 1. The van der Waals surface area contributed by atoms with Crippen molar-refractivity contribution in [3.63, 3.8) is 0 Å². The maximum atomic E-state index is 5.77. The Kier molecular flexibility index (Phi) is 5.40. The van der Waals surface area contributed by atoms with Crippen LogP contribution >= 0.6 is 0 Å². The highest BCUT2D eigenvalue weighted by atomic mass is 16.5. The van der Waals surface area contributed by atoms with E-state index in [1.165, 1.54) is 32.2 Å². The molecule has 2 nitrogen and oxygen atoms in total. The minimum absolute atomic E-state index is 0.487. The van der Waals surface area contributed by atoms with Crippen LogP contribution in [0.4, 0.5) is 0 Å². The Balaban J connectivity index is 1.92. The summed E-state index contributed by atoms with van der Waals surface area (Å²) in [7, 11) is 0. The second-order valence-corrected chi connectivity index (χ2v) is 4.38. The third-order valence-corrected chi connectivity index (χ3v) is 2.53. The van der Waals surface area contributed by atoms with Crippen molar-refractivity contribution in [2.75, 3.05) is 19.7 Å². The molecule has 1 aliphatic rings. The number of hydrogen-bond acceptors (Lipinski definition) is 2. The van der Waals surface area contributed by atoms with E-state index in [4.69, 9.17) is 4.74 Å². The molecule has 0 aromatic heterocycles. The first kappa shape index (κ1) is 11.0. The van der Waals surface area contributed by atoms with Crippen molar-refractivity contribution < 1.29 is 4.74 Å². The lowest BCUT2D eigenvalue weighted by Crippen LogP contribution is -2.35. The summed E-state index contributed by atoms with van der Waals surface area (Å²) < 4.78 is 5.77. The van der Waals surface area contributed by atoms with Crippen LogP contribution in [0, 0.1) is 5.92 Å². The number of nitrogens with one attached hydrogen (secondary N) is 1. The molecular weight excluding hydrogens is 162 g/mol. The van der Waals surface area contributed by atoms with Gasteiger partial charge in [-0.05, 0) is 38.1 Å². The molecule has 78 valence electrons. The number of ether oxygens (including phenoxy) is 1. The quantitative estimate of drug-likeness (QED) is 0.663. The summed E-state index contributed by atoms with van der Waals surface area (Å²) in [5.74, 6) is 0.813. The number of hydrogen-bond donors (Lipinski definition) is 1. The highest BCUT2D eigenvalue weighted by molar-refractivity contribution is 4.68. The van der Waals surface area contributed by atoms with Gasteiger partial charge >= 0.3 is 0 Å². The average molecular weight is 185 g/mol. The maximum Gasteiger partial charge on any atom is 0.0699 e. The fraction of sp³-hybridized carbons (Fsp3) is 1.00. The predicted octanol–water partition coefficient (Wildman–Crippen LogP) is 2.19. The zero-order chi connectivity index (χ0) is 9.52. The van der Waals surface area contributed by atoms with Crippen LogP contribution in [0.25, 0.3) is 0 Å². The number of rotatable bonds is 5. The lowest BCUT2D eigenvalue weighted by molar-refractivity contribution is 0.0338. The summed E-state index contributed by atoms with van der Waals surface area (Å²) >= 11 is 0. The Hall–Kier alpha value is -0.0800. The smallest absolute Gasteiger partial charge is 0.0699 e. The molecular formula is C11H23NO. The molecule has 0 unspecified atom stereocenters. The molecule has 0 amide bonds. The molecule has 1 saturated heterocycles. The van der Waals surface area contributed by atoms with Gasteiger partial charge in [0, 0.05) is 13.2 Å². The molecule has 1 fully saturated rings. The minimum Gasteiger partial charge on any atom is -0.377 e. The van der Waals surface area contributed by atoms with Crippen LogP contribution in [0.2, 0.25) is 0 Å². The fourth-order valence-corrected chi connectivity index (χ4v) is 1.70. The summed E-state index contributed by atoms with van der Waals surface area (Å²) in [5, 5.41) is 3.36. The van der Waals surface area contributed by atoms with Crippen molar-refractivity contribution in [3.8, 4) is 0 Å². The summed E-state index contributed by atoms with van der Waals surface area (Å²) in [6, 6.07) is 0. The molecule has 0 saturated carbocycles. The van der Waals surface area contributed by atoms with Crippen LogP contribution in [0.5, 0.6) is 0 Å². The van der Waals surface area contributed by atoms with E-state index in [1.54, 1.807) is 0 Å². The van der Waals surface area contributed by atoms with Gasteiger partial charge in [-0.3, -0.25) is 0 Å². The molecule has 0 radical (unpaired) electrons. The van der Waals surface area contributed by atoms with Crippen molar-refractivity contribution in [2.45, 2.75) is 45.6 Å². The van der Waals surface area contributed by atoms with Gasteiger partial charge in [-0.25, -0.2) is 0 Å². The van der Waals surface area contributed by atoms with E-state index in [0.717, 1.165) is 19.1 Å². The molecule has 13 heavy (non-hydrogen) atoms. The van der Waals surface area contributed by atoms with Crippen molar-refractivity contribution in [1.82, 2.24) is 5.32 Å². The average Bonchev–Trinajstić information content (AvgIpc) is 2.14. The van der Waals surface area contributed by atoms with E-state index in [0.29, 0.717) is 6.10 Å². The second kappa shape index (κ2) is 6.39. The highest BCUT2D eigenvalue weighted by Crippen LogP contribution is 2.08. The Morgan fingerprint density at radius 2 is 2.31 bits per heavy atom.